The van der Waals surface area contributed by atoms with Crippen LogP contribution in [-0.2, 0) is 6.61 Å². The van der Waals surface area contributed by atoms with Crippen molar-refractivity contribution in [1.29, 1.82) is 0 Å². The van der Waals surface area contributed by atoms with Gasteiger partial charge in [-0.2, -0.15) is 0 Å². The summed E-state index contributed by atoms with van der Waals surface area (Å²) in [5.41, 5.74) is 2.90. The van der Waals surface area contributed by atoms with Gasteiger partial charge < -0.3 is 15.4 Å². The summed E-state index contributed by atoms with van der Waals surface area (Å²) >= 11 is 5.38. The molecule has 0 unspecified atom stereocenters. The average molecular weight is 334 g/mol. The minimum Gasteiger partial charge on any atom is -0.487 e. The third kappa shape index (κ3) is 4.57. The van der Waals surface area contributed by atoms with E-state index < -0.39 is 0 Å². The molecule has 3 nitrogen and oxygen atoms in total. The number of hydrogen-bond donors (Lipinski definition) is 2. The zero-order valence-corrected chi connectivity index (χ0v) is 13.9. The van der Waals surface area contributed by atoms with Gasteiger partial charge in [0.15, 0.2) is 5.11 Å². The summed E-state index contributed by atoms with van der Waals surface area (Å²) in [5.74, 6) is 0.763. The molecule has 120 valence electrons. The Labute approximate surface area is 147 Å². The van der Waals surface area contributed by atoms with Crippen molar-refractivity contribution in [3.63, 3.8) is 0 Å². The molecule has 3 aromatic rings. The maximum Gasteiger partial charge on any atom is 0.175 e. The summed E-state index contributed by atoms with van der Waals surface area (Å²) in [6, 6.07) is 27.7. The van der Waals surface area contributed by atoms with Crippen molar-refractivity contribution in [3.05, 3.63) is 90.5 Å². The highest BCUT2D eigenvalue weighted by Gasteiger charge is 2.05. The van der Waals surface area contributed by atoms with Gasteiger partial charge >= 0.3 is 0 Å². The van der Waals surface area contributed by atoms with E-state index in [1.807, 2.05) is 84.9 Å². The van der Waals surface area contributed by atoms with Gasteiger partial charge in [0.25, 0.3) is 0 Å². The normalized spacial score (nSPS) is 10.0. The number of benzene rings is 3. The lowest BCUT2D eigenvalue weighted by Crippen LogP contribution is -2.19. The fourth-order valence-corrected chi connectivity index (χ4v) is 2.47. The number of nitrogens with one attached hydrogen (secondary N) is 2. The number of thiocarbonyl (C=S) groups is 1. The van der Waals surface area contributed by atoms with Crippen LogP contribution in [0.5, 0.6) is 5.75 Å². The molecule has 0 amide bonds. The van der Waals surface area contributed by atoms with Crippen molar-refractivity contribution in [3.8, 4) is 5.75 Å². The van der Waals surface area contributed by atoms with Crippen LogP contribution in [0.15, 0.2) is 84.9 Å². The predicted octanol–water partition coefficient (Wildman–Crippen LogP) is 5.07. The van der Waals surface area contributed by atoms with Crippen LogP contribution in [0.3, 0.4) is 0 Å². The van der Waals surface area contributed by atoms with E-state index >= 15 is 0 Å². The van der Waals surface area contributed by atoms with Gasteiger partial charge in [-0.1, -0.05) is 60.7 Å². The van der Waals surface area contributed by atoms with E-state index in [4.69, 9.17) is 17.0 Å². The van der Waals surface area contributed by atoms with E-state index in [0.717, 1.165) is 22.7 Å². The third-order valence-electron chi connectivity index (χ3n) is 3.40. The largest absolute Gasteiger partial charge is 0.487 e. The molecule has 0 saturated carbocycles. The smallest absolute Gasteiger partial charge is 0.175 e. The Morgan fingerprint density at radius 3 is 2.12 bits per heavy atom. The molecule has 4 heteroatoms. The summed E-state index contributed by atoms with van der Waals surface area (Å²) in [6.45, 7) is 0.512. The molecule has 0 fully saturated rings. The summed E-state index contributed by atoms with van der Waals surface area (Å²) in [7, 11) is 0. The lowest BCUT2D eigenvalue weighted by molar-refractivity contribution is 0.308. The molecule has 3 rings (SSSR count). The van der Waals surface area contributed by atoms with Gasteiger partial charge in [-0.05, 0) is 42.0 Å². The van der Waals surface area contributed by atoms with Crippen LogP contribution >= 0.6 is 12.2 Å². The third-order valence-corrected chi connectivity index (χ3v) is 3.61. The standard InChI is InChI=1S/C20H18N2OS/c24-20(21-17-11-5-2-6-12-17)22-18-13-7-8-14-19(18)23-15-16-9-3-1-4-10-16/h1-14H,15H2,(H2,21,22,24). The van der Waals surface area contributed by atoms with Crippen molar-refractivity contribution in [2.75, 3.05) is 10.6 Å². The summed E-state index contributed by atoms with van der Waals surface area (Å²) in [5, 5.41) is 6.87. The van der Waals surface area contributed by atoms with Gasteiger partial charge in [-0.3, -0.25) is 0 Å². The van der Waals surface area contributed by atoms with Crippen LogP contribution in [-0.4, -0.2) is 5.11 Å². The van der Waals surface area contributed by atoms with Crippen molar-refractivity contribution >= 4 is 28.7 Å². The molecule has 0 bridgehead atoms. The van der Waals surface area contributed by atoms with Crippen LogP contribution in [0, 0.1) is 0 Å². The number of para-hydroxylation sites is 3. The van der Waals surface area contributed by atoms with Crippen molar-refractivity contribution in [1.82, 2.24) is 0 Å². The molecule has 0 heterocycles. The minimum absolute atomic E-state index is 0.512. The molecule has 0 radical (unpaired) electrons. The van der Waals surface area contributed by atoms with E-state index in [1.54, 1.807) is 0 Å². The molecule has 0 atom stereocenters. The van der Waals surface area contributed by atoms with Gasteiger partial charge in [0.1, 0.15) is 12.4 Å². The highest BCUT2D eigenvalue weighted by molar-refractivity contribution is 7.80. The van der Waals surface area contributed by atoms with Gasteiger partial charge in [-0.15, -0.1) is 0 Å². The van der Waals surface area contributed by atoms with Gasteiger partial charge in [0.2, 0.25) is 0 Å². The highest BCUT2D eigenvalue weighted by Crippen LogP contribution is 2.25. The van der Waals surface area contributed by atoms with Crippen LogP contribution in [0.25, 0.3) is 0 Å². The second-order valence-corrected chi connectivity index (χ2v) is 5.62. The van der Waals surface area contributed by atoms with Crippen molar-refractivity contribution in [2.24, 2.45) is 0 Å². The van der Waals surface area contributed by atoms with Crippen LogP contribution < -0.4 is 15.4 Å². The summed E-state index contributed by atoms with van der Waals surface area (Å²) < 4.78 is 5.92. The highest BCUT2D eigenvalue weighted by atomic mass is 32.1. The molecule has 0 aromatic heterocycles. The second-order valence-electron chi connectivity index (χ2n) is 5.22. The zero-order chi connectivity index (χ0) is 16.6. The minimum atomic E-state index is 0.512. The molecule has 0 aliphatic rings. The molecule has 0 aliphatic heterocycles. The van der Waals surface area contributed by atoms with E-state index in [9.17, 15) is 0 Å². The van der Waals surface area contributed by atoms with Gasteiger partial charge in [0.05, 0.1) is 5.69 Å². The first-order valence-electron chi connectivity index (χ1n) is 7.70. The fourth-order valence-electron chi connectivity index (χ4n) is 2.24. The van der Waals surface area contributed by atoms with Crippen LogP contribution in [0.1, 0.15) is 5.56 Å². The Kier molecular flexibility index (Phi) is 5.43. The fraction of sp³-hybridized carbons (Fsp3) is 0.0500. The molecule has 0 spiro atoms. The Hall–Kier alpha value is -2.85. The first-order valence-corrected chi connectivity index (χ1v) is 8.11. The van der Waals surface area contributed by atoms with E-state index in [2.05, 4.69) is 10.6 Å². The number of anilines is 2. The Morgan fingerprint density at radius 1 is 0.750 bits per heavy atom. The average Bonchev–Trinajstić information content (AvgIpc) is 2.63. The lowest BCUT2D eigenvalue weighted by Gasteiger charge is -2.15. The molecule has 3 aromatic carbocycles. The SMILES string of the molecule is S=C(Nc1ccccc1)Nc1ccccc1OCc1ccccc1. The number of hydrogen-bond acceptors (Lipinski definition) is 2. The first kappa shape index (κ1) is 16.0. The quantitative estimate of drug-likeness (QED) is 0.638. The topological polar surface area (TPSA) is 33.3 Å². The molecule has 2 N–H and O–H groups in total. The van der Waals surface area contributed by atoms with Crippen LogP contribution in [0.2, 0.25) is 0 Å². The number of ether oxygens (including phenoxy) is 1. The Balaban J connectivity index is 1.64. The van der Waals surface area contributed by atoms with E-state index in [1.165, 1.54) is 0 Å². The van der Waals surface area contributed by atoms with Crippen molar-refractivity contribution < 1.29 is 4.74 Å². The molecule has 0 aliphatic carbocycles. The Bertz CT molecular complexity index is 791. The van der Waals surface area contributed by atoms with E-state index in [0.29, 0.717) is 11.7 Å². The molecular weight excluding hydrogens is 316 g/mol. The molecular formula is C20H18N2OS. The summed E-state index contributed by atoms with van der Waals surface area (Å²) in [4.78, 5) is 0. The van der Waals surface area contributed by atoms with Crippen molar-refractivity contribution in [2.45, 2.75) is 6.61 Å². The number of rotatable bonds is 5. The maximum absolute atomic E-state index is 5.92. The second kappa shape index (κ2) is 8.13. The monoisotopic (exact) mass is 334 g/mol. The lowest BCUT2D eigenvalue weighted by atomic mass is 10.2. The first-order chi connectivity index (χ1) is 11.8. The molecule has 0 saturated heterocycles. The van der Waals surface area contributed by atoms with Gasteiger partial charge in [0, 0.05) is 5.69 Å². The maximum atomic E-state index is 5.92. The predicted molar refractivity (Wildman–Crippen MR) is 104 cm³/mol. The van der Waals surface area contributed by atoms with E-state index in [-0.39, 0.29) is 0 Å². The van der Waals surface area contributed by atoms with Gasteiger partial charge in [-0.25, -0.2) is 0 Å². The zero-order valence-electron chi connectivity index (χ0n) is 13.1. The Morgan fingerprint density at radius 2 is 1.38 bits per heavy atom. The van der Waals surface area contributed by atoms with Crippen LogP contribution in [0.4, 0.5) is 11.4 Å². The molecule has 24 heavy (non-hydrogen) atoms. The summed E-state index contributed by atoms with van der Waals surface area (Å²) in [6.07, 6.45) is 0.